The number of nitrogens with zero attached hydrogens (tertiary/aromatic N) is 4. The van der Waals surface area contributed by atoms with E-state index in [0.29, 0.717) is 36.5 Å². The van der Waals surface area contributed by atoms with Crippen LogP contribution in [-0.2, 0) is 19.6 Å². The topological polar surface area (TPSA) is 69.1 Å². The predicted molar refractivity (Wildman–Crippen MR) is 136 cm³/mol. The predicted octanol–water partition coefficient (Wildman–Crippen LogP) is 3.11. The van der Waals surface area contributed by atoms with E-state index in [2.05, 4.69) is 34.1 Å². The Morgan fingerprint density at radius 1 is 1.08 bits per heavy atom. The van der Waals surface area contributed by atoms with Gasteiger partial charge in [-0.1, -0.05) is 24.3 Å². The number of hydrogen-bond acceptors (Lipinski definition) is 6. The second-order valence-corrected chi connectivity index (χ2v) is 9.52. The number of hydrogen-bond donors (Lipinski definition) is 1. The van der Waals surface area contributed by atoms with Crippen LogP contribution in [0.5, 0.6) is 5.75 Å². The van der Waals surface area contributed by atoms with Gasteiger partial charge in [0.05, 0.1) is 23.6 Å². The Labute approximate surface area is 210 Å². The second kappa shape index (κ2) is 10.6. The van der Waals surface area contributed by atoms with Crippen molar-refractivity contribution in [3.05, 3.63) is 89.0 Å². The fourth-order valence-corrected chi connectivity index (χ4v) is 4.94. The van der Waals surface area contributed by atoms with Crippen molar-refractivity contribution >= 4 is 11.6 Å². The van der Waals surface area contributed by atoms with Gasteiger partial charge in [-0.2, -0.15) is 0 Å². The Bertz CT molecular complexity index is 1240. The van der Waals surface area contributed by atoms with Crippen LogP contribution in [0.25, 0.3) is 0 Å². The maximum Gasteiger partial charge on any atom is 0.256 e. The highest BCUT2D eigenvalue weighted by Gasteiger charge is 2.28. The molecule has 36 heavy (non-hydrogen) atoms. The molecule has 0 bridgehead atoms. The molecule has 3 heterocycles. The number of β-amino-alcohol motifs (C(OH)–C–C–N with tert-alkyl or cyclic N) is 1. The Morgan fingerprint density at radius 3 is 2.75 bits per heavy atom. The number of aliphatic hydroxyl groups is 1. The Hall–Kier alpha value is -3.49. The first-order chi connectivity index (χ1) is 17.5. The monoisotopic (exact) mass is 490 g/mol. The van der Waals surface area contributed by atoms with Crippen molar-refractivity contribution in [1.82, 2.24) is 14.8 Å². The van der Waals surface area contributed by atoms with Crippen LogP contribution in [0.1, 0.15) is 27.0 Å². The molecule has 2 aromatic carbocycles. The minimum Gasteiger partial charge on any atom is -0.489 e. The van der Waals surface area contributed by atoms with Crippen LogP contribution >= 0.6 is 0 Å². The van der Waals surface area contributed by atoms with Crippen molar-refractivity contribution in [1.29, 1.82) is 0 Å². The third kappa shape index (κ3) is 5.34. The highest BCUT2D eigenvalue weighted by Crippen LogP contribution is 2.29. The molecule has 1 aromatic heterocycles. The number of anilines is 1. The normalized spacial score (nSPS) is 16.8. The van der Waals surface area contributed by atoms with Crippen LogP contribution in [-0.4, -0.2) is 71.7 Å². The fourth-order valence-electron chi connectivity index (χ4n) is 4.94. The molecular weight excluding hydrogens is 459 g/mol. The molecule has 1 amide bonds. The summed E-state index contributed by atoms with van der Waals surface area (Å²) >= 11 is 0. The summed E-state index contributed by atoms with van der Waals surface area (Å²) in [4.78, 5) is 23.1. The zero-order valence-corrected chi connectivity index (χ0v) is 20.4. The molecule has 0 aliphatic carbocycles. The summed E-state index contributed by atoms with van der Waals surface area (Å²) in [5.74, 6) is 0.0371. The van der Waals surface area contributed by atoms with Gasteiger partial charge in [0.15, 0.2) is 0 Å². The number of likely N-dealkylation sites (N-methyl/N-ethyl adjacent to an activating group) is 1. The standard InChI is InChI=1S/C28H31FN4O3/c1-31-12-13-33(18-23(34)17-32-11-9-20-4-2-3-5-21(20)16-32)28(35)25-7-6-24(14-27(25)31)36-19-22-8-10-30-15-26(22)29/h2-8,10,14-15,23,34H,9,11-13,16-19H2,1H3. The number of carbonyl (C=O) groups excluding carboxylic acids is 1. The van der Waals surface area contributed by atoms with Gasteiger partial charge in [-0.15, -0.1) is 0 Å². The van der Waals surface area contributed by atoms with Crippen molar-refractivity contribution in [2.75, 3.05) is 44.7 Å². The smallest absolute Gasteiger partial charge is 0.256 e. The summed E-state index contributed by atoms with van der Waals surface area (Å²) < 4.78 is 19.7. The van der Waals surface area contributed by atoms with E-state index in [0.717, 1.165) is 31.4 Å². The van der Waals surface area contributed by atoms with Crippen LogP contribution in [0.15, 0.2) is 60.9 Å². The molecule has 0 fully saturated rings. The molecule has 8 heteroatoms. The average molecular weight is 491 g/mol. The number of carbonyl (C=O) groups is 1. The first-order valence-corrected chi connectivity index (χ1v) is 12.3. The van der Waals surface area contributed by atoms with Crippen molar-refractivity contribution < 1.29 is 19.0 Å². The van der Waals surface area contributed by atoms with Crippen molar-refractivity contribution in [3.63, 3.8) is 0 Å². The van der Waals surface area contributed by atoms with Crippen LogP contribution < -0.4 is 9.64 Å². The van der Waals surface area contributed by atoms with Crippen LogP contribution in [0.3, 0.4) is 0 Å². The van der Waals surface area contributed by atoms with E-state index in [1.165, 1.54) is 17.3 Å². The molecule has 2 aliphatic rings. The van der Waals surface area contributed by atoms with E-state index >= 15 is 0 Å². The number of benzene rings is 2. The van der Waals surface area contributed by atoms with Gasteiger partial charge in [-0.3, -0.25) is 14.7 Å². The number of halogens is 1. The van der Waals surface area contributed by atoms with Crippen molar-refractivity contribution in [2.24, 2.45) is 0 Å². The Balaban J connectivity index is 1.23. The summed E-state index contributed by atoms with van der Waals surface area (Å²) in [7, 11) is 1.93. The highest BCUT2D eigenvalue weighted by molar-refractivity contribution is 6.00. The largest absolute Gasteiger partial charge is 0.489 e. The van der Waals surface area contributed by atoms with E-state index in [1.807, 2.05) is 18.0 Å². The lowest BCUT2D eigenvalue weighted by atomic mass is 10.00. The number of ether oxygens (including phenoxy) is 1. The molecule has 5 rings (SSSR count). The molecular formula is C28H31FN4O3. The lowest BCUT2D eigenvalue weighted by Crippen LogP contribution is -2.44. The maximum absolute atomic E-state index is 13.9. The van der Waals surface area contributed by atoms with Gasteiger partial charge in [-0.05, 0) is 35.7 Å². The van der Waals surface area contributed by atoms with Crippen LogP contribution in [0.2, 0.25) is 0 Å². The van der Waals surface area contributed by atoms with Gasteiger partial charge in [0.25, 0.3) is 5.91 Å². The summed E-state index contributed by atoms with van der Waals surface area (Å²) in [5.41, 5.74) is 4.43. The minimum absolute atomic E-state index is 0.0735. The summed E-state index contributed by atoms with van der Waals surface area (Å²) in [6.07, 6.45) is 3.03. The molecule has 2 aliphatic heterocycles. The van der Waals surface area contributed by atoms with Crippen molar-refractivity contribution in [2.45, 2.75) is 25.7 Å². The number of aliphatic hydroxyl groups excluding tert-OH is 1. The average Bonchev–Trinajstić information content (AvgIpc) is 3.00. The third-order valence-corrected chi connectivity index (χ3v) is 6.96. The summed E-state index contributed by atoms with van der Waals surface area (Å²) in [5, 5.41) is 10.9. The van der Waals surface area contributed by atoms with Crippen molar-refractivity contribution in [3.8, 4) is 5.75 Å². The summed E-state index contributed by atoms with van der Waals surface area (Å²) in [6.45, 7) is 3.75. The van der Waals surface area contributed by atoms with E-state index in [4.69, 9.17) is 4.74 Å². The number of amides is 1. The minimum atomic E-state index is -0.635. The quantitative estimate of drug-likeness (QED) is 0.549. The molecule has 188 valence electrons. The van der Waals surface area contributed by atoms with Gasteiger partial charge >= 0.3 is 0 Å². The zero-order chi connectivity index (χ0) is 25.1. The van der Waals surface area contributed by atoms with Gasteiger partial charge in [-0.25, -0.2) is 4.39 Å². The first-order valence-electron chi connectivity index (χ1n) is 12.3. The molecule has 7 nitrogen and oxygen atoms in total. The second-order valence-electron chi connectivity index (χ2n) is 9.52. The molecule has 0 spiro atoms. The molecule has 1 N–H and O–H groups in total. The Kier molecular flexibility index (Phi) is 7.16. The number of pyridine rings is 1. The van der Waals surface area contributed by atoms with Gasteiger partial charge in [0.1, 0.15) is 18.2 Å². The molecule has 1 unspecified atom stereocenters. The number of rotatable bonds is 7. The van der Waals surface area contributed by atoms with Crippen LogP contribution in [0.4, 0.5) is 10.1 Å². The highest BCUT2D eigenvalue weighted by atomic mass is 19.1. The van der Waals surface area contributed by atoms with E-state index < -0.39 is 11.9 Å². The molecule has 3 aromatic rings. The van der Waals surface area contributed by atoms with Crippen LogP contribution in [0, 0.1) is 5.82 Å². The van der Waals surface area contributed by atoms with Gasteiger partial charge < -0.3 is 19.6 Å². The zero-order valence-electron chi connectivity index (χ0n) is 20.4. The summed E-state index contributed by atoms with van der Waals surface area (Å²) in [6, 6.07) is 15.3. The third-order valence-electron chi connectivity index (χ3n) is 6.96. The molecule has 0 saturated carbocycles. The lowest BCUT2D eigenvalue weighted by Gasteiger charge is -2.32. The fraction of sp³-hybridized carbons (Fsp3) is 0.357. The number of fused-ring (bicyclic) bond motifs is 2. The molecule has 1 atom stereocenters. The van der Waals surface area contributed by atoms with Gasteiger partial charge in [0.2, 0.25) is 0 Å². The van der Waals surface area contributed by atoms with E-state index in [1.54, 1.807) is 23.1 Å². The SMILES string of the molecule is CN1CCN(CC(O)CN2CCc3ccccc3C2)C(=O)c2ccc(OCc3ccncc3F)cc21. The molecule has 0 radical (unpaired) electrons. The Morgan fingerprint density at radius 2 is 1.92 bits per heavy atom. The van der Waals surface area contributed by atoms with Gasteiger partial charge in [0, 0.05) is 64.1 Å². The maximum atomic E-state index is 13.9. The number of aromatic nitrogens is 1. The van der Waals surface area contributed by atoms with E-state index in [9.17, 15) is 14.3 Å². The lowest BCUT2D eigenvalue weighted by molar-refractivity contribution is 0.0521. The first kappa shape index (κ1) is 24.2. The molecule has 0 saturated heterocycles. The van der Waals surface area contributed by atoms with E-state index in [-0.39, 0.29) is 19.1 Å².